The first-order chi connectivity index (χ1) is 15.5. The number of carbonyl (C=O) groups is 1. The third-order valence-electron chi connectivity index (χ3n) is 6.67. The van der Waals surface area contributed by atoms with E-state index in [1.807, 2.05) is 37.1 Å². The molecule has 0 bridgehead atoms. The van der Waals surface area contributed by atoms with Crippen LogP contribution in [0.5, 0.6) is 0 Å². The molecule has 0 radical (unpaired) electrons. The van der Waals surface area contributed by atoms with Crippen LogP contribution in [0.2, 0.25) is 0 Å². The maximum absolute atomic E-state index is 13.2. The molecule has 0 unspecified atom stereocenters. The predicted octanol–water partition coefficient (Wildman–Crippen LogP) is 2.69. The standard InChI is InChI=1S/C24H30N6O2/c1-16(2)23(31)29-11-8-18-20(15-29)26-22-12-19(27-30(22)24(18)32)21-7-3-4-10-28(21)14-17-6-5-9-25-13-17/h5-6,9,12-13,16,21,27H,3-4,7-8,10-11,14-15H2,1-2H3/t21-/m0/s1. The Hall–Kier alpha value is -3.00. The normalized spacial score (nSPS) is 19.5. The fourth-order valence-corrected chi connectivity index (χ4v) is 4.99. The summed E-state index contributed by atoms with van der Waals surface area (Å²) in [7, 11) is 0. The third kappa shape index (κ3) is 3.83. The Morgan fingerprint density at radius 1 is 1.28 bits per heavy atom. The fraction of sp³-hybridized carbons (Fsp3) is 0.500. The van der Waals surface area contributed by atoms with E-state index in [1.165, 1.54) is 12.0 Å². The minimum Gasteiger partial charge on any atom is -0.336 e. The first-order valence-electron chi connectivity index (χ1n) is 11.6. The van der Waals surface area contributed by atoms with E-state index >= 15 is 0 Å². The van der Waals surface area contributed by atoms with Crippen molar-refractivity contribution in [1.82, 2.24) is 29.4 Å². The molecule has 0 saturated carbocycles. The molecule has 0 aliphatic carbocycles. The summed E-state index contributed by atoms with van der Waals surface area (Å²) in [4.78, 5) is 39.0. The lowest BCUT2D eigenvalue weighted by Crippen LogP contribution is -2.41. The molecule has 0 aromatic carbocycles. The van der Waals surface area contributed by atoms with Gasteiger partial charge in [-0.1, -0.05) is 26.3 Å². The minimum absolute atomic E-state index is 0.0393. The zero-order chi connectivity index (χ0) is 22.2. The topological polar surface area (TPSA) is 86.6 Å². The van der Waals surface area contributed by atoms with E-state index < -0.39 is 0 Å². The number of hydrogen-bond acceptors (Lipinski definition) is 5. The average molecular weight is 435 g/mol. The van der Waals surface area contributed by atoms with Gasteiger partial charge in [0.25, 0.3) is 5.56 Å². The molecular formula is C24H30N6O2. The van der Waals surface area contributed by atoms with Gasteiger partial charge in [0.2, 0.25) is 5.91 Å². The molecule has 3 aromatic rings. The van der Waals surface area contributed by atoms with E-state index in [0.29, 0.717) is 25.2 Å². The molecule has 2 aliphatic rings. The second-order valence-electron chi connectivity index (χ2n) is 9.26. The average Bonchev–Trinajstić information content (AvgIpc) is 3.23. The number of carbonyl (C=O) groups excluding carboxylic acids is 1. The number of fused-ring (bicyclic) bond motifs is 2. The summed E-state index contributed by atoms with van der Waals surface area (Å²) in [6.07, 6.45) is 7.63. The number of H-pyrrole nitrogens is 1. The lowest BCUT2D eigenvalue weighted by molar-refractivity contribution is -0.135. The third-order valence-corrected chi connectivity index (χ3v) is 6.67. The Labute approximate surface area is 187 Å². The number of pyridine rings is 1. The number of aromatic nitrogens is 4. The van der Waals surface area contributed by atoms with Crippen molar-refractivity contribution >= 4 is 11.6 Å². The fourth-order valence-electron chi connectivity index (χ4n) is 4.99. The number of hydrogen-bond donors (Lipinski definition) is 1. The summed E-state index contributed by atoms with van der Waals surface area (Å²) in [6.45, 7) is 6.64. The van der Waals surface area contributed by atoms with Crippen molar-refractivity contribution in [2.75, 3.05) is 13.1 Å². The van der Waals surface area contributed by atoms with E-state index in [4.69, 9.17) is 4.98 Å². The smallest absolute Gasteiger partial charge is 0.276 e. The van der Waals surface area contributed by atoms with Gasteiger partial charge < -0.3 is 4.90 Å². The summed E-state index contributed by atoms with van der Waals surface area (Å²) in [6, 6.07) is 6.30. The van der Waals surface area contributed by atoms with Crippen LogP contribution in [-0.4, -0.2) is 48.4 Å². The molecule has 5 heterocycles. The summed E-state index contributed by atoms with van der Waals surface area (Å²) in [5.74, 6) is 0.0537. The van der Waals surface area contributed by atoms with Gasteiger partial charge in [0, 0.05) is 43.0 Å². The number of nitrogens with one attached hydrogen (secondary N) is 1. The van der Waals surface area contributed by atoms with Crippen molar-refractivity contribution in [2.24, 2.45) is 5.92 Å². The molecular weight excluding hydrogens is 404 g/mol. The monoisotopic (exact) mass is 434 g/mol. The van der Waals surface area contributed by atoms with Gasteiger partial charge in [-0.15, -0.1) is 0 Å². The summed E-state index contributed by atoms with van der Waals surface area (Å²) in [5, 5.41) is 3.36. The van der Waals surface area contributed by atoms with Gasteiger partial charge in [-0.25, -0.2) is 9.50 Å². The van der Waals surface area contributed by atoms with E-state index in [0.717, 1.165) is 42.9 Å². The van der Waals surface area contributed by atoms with Gasteiger partial charge in [-0.2, -0.15) is 0 Å². The van der Waals surface area contributed by atoms with Crippen molar-refractivity contribution in [1.29, 1.82) is 0 Å². The SMILES string of the molecule is CC(C)C(=O)N1CCc2c(nc3cc([C@@H]4CCCCN4Cc4cccnc4)[nH]n3c2=O)C1. The Morgan fingerprint density at radius 3 is 2.94 bits per heavy atom. The first kappa shape index (κ1) is 20.9. The minimum atomic E-state index is -0.0580. The van der Waals surface area contributed by atoms with E-state index in [2.05, 4.69) is 21.0 Å². The van der Waals surface area contributed by atoms with Crippen molar-refractivity contribution in [2.45, 2.75) is 58.7 Å². The van der Waals surface area contributed by atoms with Crippen LogP contribution in [0.25, 0.3) is 5.65 Å². The Balaban J connectivity index is 1.46. The van der Waals surface area contributed by atoms with Crippen LogP contribution >= 0.6 is 0 Å². The Bertz CT molecular complexity index is 1180. The van der Waals surface area contributed by atoms with Crippen LogP contribution in [0.15, 0.2) is 35.4 Å². The summed E-state index contributed by atoms with van der Waals surface area (Å²) in [5.41, 5.74) is 4.26. The number of amides is 1. The number of likely N-dealkylation sites (tertiary alicyclic amines) is 1. The van der Waals surface area contributed by atoms with E-state index in [1.54, 1.807) is 10.7 Å². The molecule has 1 fully saturated rings. The molecule has 5 rings (SSSR count). The highest BCUT2D eigenvalue weighted by Crippen LogP contribution is 2.32. The van der Waals surface area contributed by atoms with Crippen molar-refractivity contribution in [3.05, 3.63) is 63.5 Å². The van der Waals surface area contributed by atoms with Crippen LogP contribution in [0.3, 0.4) is 0 Å². The van der Waals surface area contributed by atoms with Gasteiger partial charge >= 0.3 is 0 Å². The highest BCUT2D eigenvalue weighted by atomic mass is 16.2. The lowest BCUT2D eigenvalue weighted by Gasteiger charge is -2.35. The number of nitrogens with zero attached hydrogens (tertiary/aromatic N) is 5. The van der Waals surface area contributed by atoms with Gasteiger partial charge in [-0.05, 0) is 37.4 Å². The van der Waals surface area contributed by atoms with Crippen molar-refractivity contribution < 1.29 is 4.79 Å². The second-order valence-corrected chi connectivity index (χ2v) is 9.26. The maximum Gasteiger partial charge on any atom is 0.276 e. The summed E-state index contributed by atoms with van der Waals surface area (Å²) >= 11 is 0. The molecule has 8 heteroatoms. The van der Waals surface area contributed by atoms with Crippen LogP contribution in [0.1, 0.15) is 61.7 Å². The highest BCUT2D eigenvalue weighted by molar-refractivity contribution is 5.78. The molecule has 8 nitrogen and oxygen atoms in total. The Kier molecular flexibility index (Phi) is 5.55. The van der Waals surface area contributed by atoms with Crippen LogP contribution in [-0.2, 0) is 24.3 Å². The molecule has 1 atom stereocenters. The molecule has 168 valence electrons. The van der Waals surface area contributed by atoms with E-state index in [-0.39, 0.29) is 23.4 Å². The van der Waals surface area contributed by atoms with Gasteiger partial charge in [0.05, 0.1) is 24.0 Å². The Morgan fingerprint density at radius 2 is 2.16 bits per heavy atom. The van der Waals surface area contributed by atoms with Gasteiger partial charge in [-0.3, -0.25) is 24.6 Å². The molecule has 2 aliphatic heterocycles. The quantitative estimate of drug-likeness (QED) is 0.682. The lowest BCUT2D eigenvalue weighted by atomic mass is 9.99. The molecule has 3 aromatic heterocycles. The second kappa shape index (κ2) is 8.50. The first-order valence-corrected chi connectivity index (χ1v) is 11.6. The highest BCUT2D eigenvalue weighted by Gasteiger charge is 2.29. The van der Waals surface area contributed by atoms with E-state index in [9.17, 15) is 9.59 Å². The van der Waals surface area contributed by atoms with Crippen LogP contribution in [0.4, 0.5) is 0 Å². The zero-order valence-corrected chi connectivity index (χ0v) is 18.8. The largest absolute Gasteiger partial charge is 0.336 e. The number of rotatable bonds is 4. The van der Waals surface area contributed by atoms with Crippen molar-refractivity contribution in [3.8, 4) is 0 Å². The van der Waals surface area contributed by atoms with Crippen molar-refractivity contribution in [3.63, 3.8) is 0 Å². The molecule has 1 saturated heterocycles. The molecule has 1 amide bonds. The zero-order valence-electron chi connectivity index (χ0n) is 18.8. The number of piperidine rings is 1. The predicted molar refractivity (Wildman–Crippen MR) is 121 cm³/mol. The maximum atomic E-state index is 13.2. The number of aromatic amines is 1. The van der Waals surface area contributed by atoms with Crippen LogP contribution in [0, 0.1) is 5.92 Å². The molecule has 0 spiro atoms. The summed E-state index contributed by atoms with van der Waals surface area (Å²) < 4.78 is 1.59. The van der Waals surface area contributed by atoms with Crippen LogP contribution < -0.4 is 5.56 Å². The van der Waals surface area contributed by atoms with Gasteiger partial charge in [0.1, 0.15) is 0 Å². The molecule has 1 N–H and O–H groups in total. The van der Waals surface area contributed by atoms with Gasteiger partial charge in [0.15, 0.2) is 5.65 Å². The molecule has 32 heavy (non-hydrogen) atoms.